The molecule has 1 saturated heterocycles. The highest BCUT2D eigenvalue weighted by Gasteiger charge is 2.18. The standard InChI is InChI=1S/C8H15N5/c9-2-1-3-12-4-6-13(7-5-12)8(10)11/h1,3-7H2,(H3,10,11)/p+2. The average molecular weight is 183 g/mol. The van der Waals surface area contributed by atoms with Crippen molar-refractivity contribution in [3.63, 3.8) is 0 Å². The van der Waals surface area contributed by atoms with Crippen LogP contribution in [-0.2, 0) is 0 Å². The minimum Gasteiger partial charge on any atom is -0.329 e. The van der Waals surface area contributed by atoms with Crippen molar-refractivity contribution >= 4 is 5.96 Å². The maximum atomic E-state index is 8.42. The summed E-state index contributed by atoms with van der Waals surface area (Å²) in [6, 6.07) is 2.16. The largest absolute Gasteiger partial charge is 0.341 e. The van der Waals surface area contributed by atoms with Crippen LogP contribution in [0.5, 0.6) is 0 Å². The van der Waals surface area contributed by atoms with Gasteiger partial charge >= 0.3 is 5.96 Å². The quantitative estimate of drug-likeness (QED) is 0.317. The normalized spacial score (nSPS) is 22.4. The molecule has 5 nitrogen and oxygen atoms in total. The van der Waals surface area contributed by atoms with Gasteiger partial charge in [-0.1, -0.05) is 0 Å². The van der Waals surface area contributed by atoms with Gasteiger partial charge in [0.15, 0.2) is 0 Å². The van der Waals surface area contributed by atoms with E-state index in [0.717, 1.165) is 32.7 Å². The lowest BCUT2D eigenvalue weighted by molar-refractivity contribution is -0.931. The predicted molar refractivity (Wildman–Crippen MR) is 49.2 cm³/mol. The predicted octanol–water partition coefficient (Wildman–Crippen LogP) is -2.92. The third kappa shape index (κ3) is 2.92. The van der Waals surface area contributed by atoms with E-state index in [0.29, 0.717) is 12.4 Å². The van der Waals surface area contributed by atoms with Crippen LogP contribution in [0, 0.1) is 11.3 Å². The number of quaternary nitrogens is 1. The minimum atomic E-state index is 0.416. The van der Waals surface area contributed by atoms with Gasteiger partial charge in [0.25, 0.3) is 0 Å². The molecule has 0 atom stereocenters. The summed E-state index contributed by atoms with van der Waals surface area (Å²) >= 11 is 0. The van der Waals surface area contributed by atoms with Gasteiger partial charge in [-0.2, -0.15) is 5.26 Å². The number of nitrogens with one attached hydrogen (secondary N) is 1. The number of hydrogen-bond donors (Lipinski definition) is 3. The van der Waals surface area contributed by atoms with Crippen LogP contribution >= 0.6 is 0 Å². The van der Waals surface area contributed by atoms with Gasteiger partial charge in [-0.25, -0.2) is 0 Å². The molecule has 1 fully saturated rings. The molecule has 0 radical (unpaired) electrons. The van der Waals surface area contributed by atoms with Crippen LogP contribution in [0.15, 0.2) is 0 Å². The number of hydrogen-bond acceptors (Lipinski definition) is 1. The van der Waals surface area contributed by atoms with Crippen molar-refractivity contribution in [1.82, 2.24) is 0 Å². The summed E-state index contributed by atoms with van der Waals surface area (Å²) in [6.45, 7) is 4.81. The molecule has 5 N–H and O–H groups in total. The molecule has 0 spiro atoms. The Bertz CT molecular complexity index is 225. The van der Waals surface area contributed by atoms with Gasteiger partial charge in [0, 0.05) is 0 Å². The first-order valence-electron chi connectivity index (χ1n) is 4.57. The van der Waals surface area contributed by atoms with E-state index in [1.807, 2.05) is 4.58 Å². The monoisotopic (exact) mass is 183 g/mol. The molecular formula is C8H17N5+2. The smallest absolute Gasteiger partial charge is 0.329 e. The van der Waals surface area contributed by atoms with Gasteiger partial charge in [0.05, 0.1) is 19.0 Å². The highest BCUT2D eigenvalue weighted by atomic mass is 15.2. The van der Waals surface area contributed by atoms with Crippen LogP contribution in [0.25, 0.3) is 0 Å². The second kappa shape index (κ2) is 4.67. The molecule has 0 bridgehead atoms. The van der Waals surface area contributed by atoms with E-state index in [1.54, 1.807) is 0 Å². The van der Waals surface area contributed by atoms with Gasteiger partial charge in [0.1, 0.15) is 26.2 Å². The SMILES string of the molecule is N#CCC[NH+]1CC[N+](=C(N)N)CC1. The van der Waals surface area contributed by atoms with Crippen molar-refractivity contribution in [2.45, 2.75) is 6.42 Å². The molecule has 5 heteroatoms. The highest BCUT2D eigenvalue weighted by Crippen LogP contribution is 1.78. The molecule has 0 aromatic rings. The summed E-state index contributed by atoms with van der Waals surface area (Å²) in [5, 5.41) is 8.42. The maximum absolute atomic E-state index is 8.42. The summed E-state index contributed by atoms with van der Waals surface area (Å²) in [7, 11) is 0. The Labute approximate surface area is 78.2 Å². The summed E-state index contributed by atoms with van der Waals surface area (Å²) in [6.07, 6.45) is 0.636. The van der Waals surface area contributed by atoms with E-state index in [2.05, 4.69) is 6.07 Å². The molecule has 0 aromatic heterocycles. The van der Waals surface area contributed by atoms with Crippen LogP contribution in [0.1, 0.15) is 6.42 Å². The third-order valence-electron chi connectivity index (χ3n) is 2.43. The molecule has 0 amide bonds. The Morgan fingerprint density at radius 2 is 2.00 bits per heavy atom. The van der Waals surface area contributed by atoms with Crippen LogP contribution in [0.2, 0.25) is 0 Å². The Morgan fingerprint density at radius 1 is 1.38 bits per heavy atom. The third-order valence-corrected chi connectivity index (χ3v) is 2.43. The highest BCUT2D eigenvalue weighted by molar-refractivity contribution is 5.70. The molecule has 72 valence electrons. The lowest BCUT2D eigenvalue weighted by Gasteiger charge is -2.24. The number of nitrogens with zero attached hydrogens (tertiary/aromatic N) is 2. The van der Waals surface area contributed by atoms with E-state index in [-0.39, 0.29) is 0 Å². The summed E-state index contributed by atoms with van der Waals surface area (Å²) in [5.41, 5.74) is 10.9. The molecular weight excluding hydrogens is 166 g/mol. The van der Waals surface area contributed by atoms with Gasteiger partial charge in [-0.3, -0.25) is 16.0 Å². The minimum absolute atomic E-state index is 0.416. The van der Waals surface area contributed by atoms with Gasteiger partial charge < -0.3 is 4.90 Å². The molecule has 1 heterocycles. The van der Waals surface area contributed by atoms with Crippen LogP contribution in [0.3, 0.4) is 0 Å². The fraction of sp³-hybridized carbons (Fsp3) is 0.750. The Balaban J connectivity index is 2.32. The van der Waals surface area contributed by atoms with Crippen molar-refractivity contribution in [2.75, 3.05) is 32.7 Å². The number of piperazine rings is 1. The summed E-state index contributed by atoms with van der Waals surface area (Å²) < 4.78 is 1.98. The summed E-state index contributed by atoms with van der Waals surface area (Å²) in [4.78, 5) is 1.47. The first-order chi connectivity index (χ1) is 6.24. The van der Waals surface area contributed by atoms with Crippen molar-refractivity contribution < 1.29 is 9.48 Å². The van der Waals surface area contributed by atoms with E-state index in [9.17, 15) is 0 Å². The topological polar surface area (TPSA) is 83.3 Å². The second-order valence-electron chi connectivity index (χ2n) is 3.32. The van der Waals surface area contributed by atoms with Crippen molar-refractivity contribution in [1.29, 1.82) is 5.26 Å². The van der Waals surface area contributed by atoms with Gasteiger partial charge in [-0.05, 0) is 0 Å². The maximum Gasteiger partial charge on any atom is 0.341 e. The van der Waals surface area contributed by atoms with Crippen molar-refractivity contribution in [3.05, 3.63) is 0 Å². The molecule has 0 aromatic carbocycles. The lowest BCUT2D eigenvalue weighted by Crippen LogP contribution is -3.14. The zero-order chi connectivity index (χ0) is 9.68. The van der Waals surface area contributed by atoms with E-state index in [4.69, 9.17) is 16.7 Å². The molecule has 0 saturated carbocycles. The Morgan fingerprint density at radius 3 is 2.46 bits per heavy atom. The Kier molecular flexibility index (Phi) is 3.53. The fourth-order valence-corrected chi connectivity index (χ4v) is 1.56. The number of nitriles is 1. The van der Waals surface area contributed by atoms with Crippen molar-refractivity contribution in [3.8, 4) is 6.07 Å². The lowest BCUT2D eigenvalue weighted by atomic mass is 10.3. The number of nitrogens with two attached hydrogens (primary N) is 2. The molecule has 1 aliphatic heterocycles. The second-order valence-corrected chi connectivity index (χ2v) is 3.32. The van der Waals surface area contributed by atoms with Crippen LogP contribution < -0.4 is 16.4 Å². The van der Waals surface area contributed by atoms with Gasteiger partial charge in [-0.15, -0.1) is 0 Å². The average Bonchev–Trinajstić information content (AvgIpc) is 2.15. The van der Waals surface area contributed by atoms with Gasteiger partial charge in [0.2, 0.25) is 0 Å². The number of guanidine groups is 1. The molecule has 1 aliphatic rings. The number of rotatable bonds is 2. The Hall–Kier alpha value is -1.28. The van der Waals surface area contributed by atoms with E-state index in [1.165, 1.54) is 4.90 Å². The zero-order valence-electron chi connectivity index (χ0n) is 7.79. The first-order valence-corrected chi connectivity index (χ1v) is 4.57. The molecule has 0 unspecified atom stereocenters. The fourth-order valence-electron chi connectivity index (χ4n) is 1.56. The molecule has 1 rings (SSSR count). The first kappa shape index (κ1) is 9.81. The molecule has 0 aliphatic carbocycles. The summed E-state index contributed by atoms with van der Waals surface area (Å²) in [5.74, 6) is 0.416. The zero-order valence-corrected chi connectivity index (χ0v) is 7.79. The van der Waals surface area contributed by atoms with Crippen LogP contribution in [0.4, 0.5) is 0 Å². The molecule has 13 heavy (non-hydrogen) atoms. The van der Waals surface area contributed by atoms with Crippen molar-refractivity contribution in [2.24, 2.45) is 11.5 Å². The van der Waals surface area contributed by atoms with E-state index < -0.39 is 0 Å². The van der Waals surface area contributed by atoms with E-state index >= 15 is 0 Å². The van der Waals surface area contributed by atoms with Crippen LogP contribution in [-0.4, -0.2) is 43.3 Å².